The van der Waals surface area contributed by atoms with Crippen LogP contribution < -0.4 is 10.1 Å². The third kappa shape index (κ3) is 1.82. The summed E-state index contributed by atoms with van der Waals surface area (Å²) in [4.78, 5) is 0. The van der Waals surface area contributed by atoms with Crippen molar-refractivity contribution in [3.05, 3.63) is 29.8 Å². The molecule has 1 aliphatic carbocycles. The molecule has 16 heavy (non-hydrogen) atoms. The normalized spacial score (nSPS) is 29.3. The molecule has 1 heterocycles. The fraction of sp³-hybridized carbons (Fsp3) is 0.571. The van der Waals surface area contributed by atoms with E-state index in [-0.39, 0.29) is 0 Å². The Morgan fingerprint density at radius 3 is 2.81 bits per heavy atom. The molecular formula is C14H19NO. The number of benzene rings is 1. The third-order valence-corrected chi connectivity index (χ3v) is 3.93. The van der Waals surface area contributed by atoms with E-state index in [9.17, 15) is 0 Å². The Morgan fingerprint density at radius 1 is 1.25 bits per heavy atom. The lowest BCUT2D eigenvalue weighted by Gasteiger charge is -2.13. The van der Waals surface area contributed by atoms with Gasteiger partial charge in [0, 0.05) is 18.5 Å². The lowest BCUT2D eigenvalue weighted by molar-refractivity contribution is 0.406. The molecule has 1 aromatic rings. The largest absolute Gasteiger partial charge is 0.496 e. The Kier molecular flexibility index (Phi) is 2.60. The van der Waals surface area contributed by atoms with Crippen molar-refractivity contribution >= 4 is 0 Å². The Morgan fingerprint density at radius 2 is 2.06 bits per heavy atom. The number of hydrogen-bond donors (Lipinski definition) is 1. The summed E-state index contributed by atoms with van der Waals surface area (Å²) in [6.45, 7) is 1.11. The van der Waals surface area contributed by atoms with Gasteiger partial charge in [-0.1, -0.05) is 18.2 Å². The van der Waals surface area contributed by atoms with Gasteiger partial charge in [-0.3, -0.25) is 0 Å². The highest BCUT2D eigenvalue weighted by Gasteiger charge is 2.37. The first-order valence-electron chi connectivity index (χ1n) is 6.25. The van der Waals surface area contributed by atoms with Gasteiger partial charge in [0.15, 0.2) is 0 Å². The first kappa shape index (κ1) is 10.2. The molecule has 1 saturated heterocycles. The first-order chi connectivity index (χ1) is 7.88. The molecular weight excluding hydrogens is 198 g/mol. The Hall–Kier alpha value is -1.02. The van der Waals surface area contributed by atoms with Crippen LogP contribution in [0.5, 0.6) is 5.75 Å². The van der Waals surface area contributed by atoms with Crippen molar-refractivity contribution in [3.63, 3.8) is 0 Å². The van der Waals surface area contributed by atoms with Crippen LogP contribution >= 0.6 is 0 Å². The first-order valence-corrected chi connectivity index (χ1v) is 6.25. The number of ether oxygens (including phenoxy) is 1. The molecule has 2 atom stereocenters. The molecule has 3 rings (SSSR count). The monoisotopic (exact) mass is 217 g/mol. The van der Waals surface area contributed by atoms with Crippen molar-refractivity contribution in [2.24, 2.45) is 5.92 Å². The minimum Gasteiger partial charge on any atom is -0.496 e. The van der Waals surface area contributed by atoms with Crippen molar-refractivity contribution in [2.75, 3.05) is 13.7 Å². The van der Waals surface area contributed by atoms with E-state index < -0.39 is 0 Å². The van der Waals surface area contributed by atoms with E-state index in [1.807, 2.05) is 6.07 Å². The van der Waals surface area contributed by atoms with Crippen LogP contribution in [0.25, 0.3) is 0 Å². The maximum Gasteiger partial charge on any atom is 0.122 e. The number of methoxy groups -OCH3 is 1. The Labute approximate surface area is 97.0 Å². The fourth-order valence-electron chi connectivity index (χ4n) is 2.87. The SMILES string of the molecule is COc1ccccc1C1CNC(C2CC2)C1. The molecule has 2 nitrogen and oxygen atoms in total. The van der Waals surface area contributed by atoms with Crippen LogP contribution in [0.2, 0.25) is 0 Å². The minimum absolute atomic E-state index is 0.641. The summed E-state index contributed by atoms with van der Waals surface area (Å²) in [6, 6.07) is 9.20. The lowest BCUT2D eigenvalue weighted by Crippen LogP contribution is -2.22. The van der Waals surface area contributed by atoms with E-state index in [1.54, 1.807) is 7.11 Å². The number of hydrogen-bond acceptors (Lipinski definition) is 2. The van der Waals surface area contributed by atoms with E-state index in [0.29, 0.717) is 5.92 Å². The van der Waals surface area contributed by atoms with Crippen molar-refractivity contribution in [3.8, 4) is 5.75 Å². The third-order valence-electron chi connectivity index (χ3n) is 3.93. The van der Waals surface area contributed by atoms with Crippen LogP contribution in [0.1, 0.15) is 30.7 Å². The van der Waals surface area contributed by atoms with Gasteiger partial charge in [-0.25, -0.2) is 0 Å². The van der Waals surface area contributed by atoms with E-state index in [2.05, 4.69) is 23.5 Å². The van der Waals surface area contributed by atoms with Gasteiger partial charge in [0.05, 0.1) is 7.11 Å². The molecule has 1 saturated carbocycles. The van der Waals surface area contributed by atoms with Gasteiger partial charge >= 0.3 is 0 Å². The van der Waals surface area contributed by atoms with Crippen LogP contribution in [0.3, 0.4) is 0 Å². The van der Waals surface area contributed by atoms with Gasteiger partial charge in [0.1, 0.15) is 5.75 Å². The van der Waals surface area contributed by atoms with Crippen LogP contribution in [0.15, 0.2) is 24.3 Å². The molecule has 2 unspecified atom stereocenters. The van der Waals surface area contributed by atoms with E-state index in [1.165, 1.54) is 24.8 Å². The minimum atomic E-state index is 0.641. The molecule has 0 bridgehead atoms. The average Bonchev–Trinajstić information content (AvgIpc) is 3.07. The zero-order valence-electron chi connectivity index (χ0n) is 9.78. The highest BCUT2D eigenvalue weighted by Crippen LogP contribution is 2.41. The zero-order valence-corrected chi connectivity index (χ0v) is 9.78. The van der Waals surface area contributed by atoms with Crippen LogP contribution in [-0.2, 0) is 0 Å². The van der Waals surface area contributed by atoms with Crippen molar-refractivity contribution in [2.45, 2.75) is 31.2 Å². The fourth-order valence-corrected chi connectivity index (χ4v) is 2.87. The molecule has 0 aromatic heterocycles. The van der Waals surface area contributed by atoms with Crippen LogP contribution in [0.4, 0.5) is 0 Å². The quantitative estimate of drug-likeness (QED) is 0.840. The van der Waals surface area contributed by atoms with Gasteiger partial charge in [-0.15, -0.1) is 0 Å². The average molecular weight is 217 g/mol. The zero-order chi connectivity index (χ0) is 11.0. The maximum atomic E-state index is 5.44. The van der Waals surface area contributed by atoms with Gasteiger partial charge < -0.3 is 10.1 Å². The summed E-state index contributed by atoms with van der Waals surface area (Å²) in [6.07, 6.45) is 4.14. The molecule has 1 aromatic carbocycles. The molecule has 0 amide bonds. The molecule has 1 N–H and O–H groups in total. The highest BCUT2D eigenvalue weighted by atomic mass is 16.5. The van der Waals surface area contributed by atoms with Crippen molar-refractivity contribution in [1.29, 1.82) is 0 Å². The topological polar surface area (TPSA) is 21.3 Å². The van der Waals surface area contributed by atoms with Crippen LogP contribution in [-0.4, -0.2) is 19.7 Å². The molecule has 86 valence electrons. The molecule has 2 fully saturated rings. The number of rotatable bonds is 3. The molecule has 2 aliphatic rings. The predicted octanol–water partition coefficient (Wildman–Crippen LogP) is 2.55. The summed E-state index contributed by atoms with van der Waals surface area (Å²) in [5, 5.41) is 3.66. The second-order valence-electron chi connectivity index (χ2n) is 5.03. The predicted molar refractivity (Wildman–Crippen MR) is 64.9 cm³/mol. The second kappa shape index (κ2) is 4.10. The van der Waals surface area contributed by atoms with Crippen LogP contribution in [0, 0.1) is 5.92 Å². The smallest absolute Gasteiger partial charge is 0.122 e. The summed E-state index contributed by atoms with van der Waals surface area (Å²) in [5.74, 6) is 2.65. The van der Waals surface area contributed by atoms with Crippen molar-refractivity contribution in [1.82, 2.24) is 5.32 Å². The van der Waals surface area contributed by atoms with E-state index in [0.717, 1.165) is 24.3 Å². The molecule has 0 spiro atoms. The van der Waals surface area contributed by atoms with Gasteiger partial charge in [0.2, 0.25) is 0 Å². The standard InChI is InChI=1S/C14H19NO/c1-16-14-5-3-2-4-12(14)11-8-13(15-9-11)10-6-7-10/h2-5,10-11,13,15H,6-9H2,1H3. The van der Waals surface area contributed by atoms with Gasteiger partial charge in [0.25, 0.3) is 0 Å². The number of nitrogens with one attached hydrogen (secondary N) is 1. The molecule has 0 radical (unpaired) electrons. The van der Waals surface area contributed by atoms with E-state index >= 15 is 0 Å². The summed E-state index contributed by atoms with van der Waals surface area (Å²) in [5.41, 5.74) is 1.38. The summed E-state index contributed by atoms with van der Waals surface area (Å²) >= 11 is 0. The molecule has 2 heteroatoms. The summed E-state index contributed by atoms with van der Waals surface area (Å²) < 4.78 is 5.44. The summed E-state index contributed by atoms with van der Waals surface area (Å²) in [7, 11) is 1.76. The second-order valence-corrected chi connectivity index (χ2v) is 5.03. The Bertz CT molecular complexity index is 373. The van der Waals surface area contributed by atoms with Crippen molar-refractivity contribution < 1.29 is 4.74 Å². The number of para-hydroxylation sites is 1. The maximum absolute atomic E-state index is 5.44. The highest BCUT2D eigenvalue weighted by molar-refractivity contribution is 5.37. The lowest BCUT2D eigenvalue weighted by atomic mass is 9.94. The molecule has 1 aliphatic heterocycles. The van der Waals surface area contributed by atoms with Gasteiger partial charge in [-0.05, 0) is 36.8 Å². The Balaban J connectivity index is 1.76. The van der Waals surface area contributed by atoms with E-state index in [4.69, 9.17) is 4.74 Å². The van der Waals surface area contributed by atoms with Gasteiger partial charge in [-0.2, -0.15) is 0 Å².